The summed E-state index contributed by atoms with van der Waals surface area (Å²) in [5.74, 6) is -0.267. The number of carbonyl (C=O) groups excluding carboxylic acids is 3. The summed E-state index contributed by atoms with van der Waals surface area (Å²) < 4.78 is 0. The first-order valence-corrected chi connectivity index (χ1v) is 11.7. The zero-order valence-electron chi connectivity index (χ0n) is 19.0. The predicted molar refractivity (Wildman–Crippen MR) is 123 cm³/mol. The molecule has 3 rings (SSSR count). The smallest absolute Gasteiger partial charge is 0.242 e. The van der Waals surface area contributed by atoms with Crippen molar-refractivity contribution in [2.24, 2.45) is 0 Å². The summed E-state index contributed by atoms with van der Waals surface area (Å²) in [6.45, 7) is 3.75. The van der Waals surface area contributed by atoms with E-state index in [4.69, 9.17) is 0 Å². The summed E-state index contributed by atoms with van der Waals surface area (Å²) in [6.07, 6.45) is 10.0. The Morgan fingerprint density at radius 3 is 2.81 bits per heavy atom. The predicted octanol–water partition coefficient (Wildman–Crippen LogP) is 2.61. The van der Waals surface area contributed by atoms with Gasteiger partial charge in [-0.1, -0.05) is 36.8 Å². The van der Waals surface area contributed by atoms with Crippen LogP contribution >= 0.6 is 0 Å². The van der Waals surface area contributed by atoms with Crippen LogP contribution in [0.1, 0.15) is 68.6 Å². The lowest BCUT2D eigenvalue weighted by molar-refractivity contribution is -0.137. The Balaban J connectivity index is 1.29. The van der Waals surface area contributed by atoms with E-state index in [9.17, 15) is 19.5 Å². The van der Waals surface area contributed by atoms with Crippen LogP contribution in [0.15, 0.2) is 24.3 Å². The normalized spacial score (nSPS) is 18.3. The number of unbranched alkanes of at least 4 members (excludes halogenated alkanes) is 3. The molecule has 2 heterocycles. The number of allylic oxidation sites excluding steroid dienone is 1. The van der Waals surface area contributed by atoms with E-state index in [0.29, 0.717) is 13.0 Å². The highest BCUT2D eigenvalue weighted by Gasteiger charge is 2.31. The van der Waals surface area contributed by atoms with Gasteiger partial charge in [0, 0.05) is 26.1 Å². The minimum absolute atomic E-state index is 0.0139. The molecule has 1 saturated heterocycles. The van der Waals surface area contributed by atoms with Gasteiger partial charge in [0.2, 0.25) is 11.8 Å². The Hall–Kier alpha value is -2.51. The highest BCUT2D eigenvalue weighted by atomic mass is 16.3. The highest BCUT2D eigenvalue weighted by molar-refractivity contribution is 5.90. The number of fused-ring (bicyclic) bond motifs is 1. The lowest BCUT2D eigenvalue weighted by Gasteiger charge is -2.22. The molecular formula is C25H35N3O4. The fourth-order valence-corrected chi connectivity index (χ4v) is 4.56. The molecule has 0 spiro atoms. The summed E-state index contributed by atoms with van der Waals surface area (Å²) in [6, 6.07) is 5.97. The van der Waals surface area contributed by atoms with Crippen LogP contribution in [0.3, 0.4) is 0 Å². The van der Waals surface area contributed by atoms with Crippen molar-refractivity contribution < 1.29 is 19.5 Å². The van der Waals surface area contributed by atoms with Gasteiger partial charge in [-0.05, 0) is 55.7 Å². The Bertz CT molecular complexity index is 852. The summed E-state index contributed by atoms with van der Waals surface area (Å²) in [5, 5.41) is 12.1. The average Bonchev–Trinajstić information content (AvgIpc) is 3.44. The average molecular weight is 442 g/mol. The lowest BCUT2D eigenvalue weighted by Crippen LogP contribution is -2.44. The van der Waals surface area contributed by atoms with Crippen molar-refractivity contribution in [2.75, 3.05) is 19.8 Å². The second-order valence-corrected chi connectivity index (χ2v) is 8.75. The van der Waals surface area contributed by atoms with E-state index in [0.717, 1.165) is 51.6 Å². The number of rotatable bonds is 11. The van der Waals surface area contributed by atoms with Gasteiger partial charge in [-0.2, -0.15) is 0 Å². The van der Waals surface area contributed by atoms with Crippen LogP contribution < -0.4 is 5.32 Å². The van der Waals surface area contributed by atoms with E-state index in [2.05, 4.69) is 35.7 Å². The minimum Gasteiger partial charge on any atom is -0.381 e. The van der Waals surface area contributed by atoms with Gasteiger partial charge in [-0.15, -0.1) is 0 Å². The molecule has 1 unspecified atom stereocenters. The van der Waals surface area contributed by atoms with Gasteiger partial charge in [0.05, 0.1) is 19.3 Å². The van der Waals surface area contributed by atoms with Crippen LogP contribution in [-0.2, 0) is 27.5 Å². The van der Waals surface area contributed by atoms with Crippen LogP contribution in [-0.4, -0.2) is 58.4 Å². The molecule has 2 N–H and O–H groups in total. The summed E-state index contributed by atoms with van der Waals surface area (Å²) in [5.41, 5.74) is 3.80. The lowest BCUT2D eigenvalue weighted by atomic mass is 10.0. The van der Waals surface area contributed by atoms with Crippen LogP contribution in [0.5, 0.6) is 0 Å². The first-order chi connectivity index (χ1) is 15.5. The molecule has 0 aromatic heterocycles. The molecule has 2 aliphatic rings. The van der Waals surface area contributed by atoms with Crippen molar-refractivity contribution in [2.45, 2.75) is 71.0 Å². The minimum atomic E-state index is -0.321. The van der Waals surface area contributed by atoms with Crippen LogP contribution in [0.25, 0.3) is 6.08 Å². The molecule has 1 aromatic carbocycles. The first-order valence-electron chi connectivity index (χ1n) is 11.7. The van der Waals surface area contributed by atoms with Crippen LogP contribution in [0.2, 0.25) is 0 Å². The van der Waals surface area contributed by atoms with Crippen LogP contribution in [0, 0.1) is 0 Å². The number of Topliss-reactive ketones (excluding diaryl/α,β-unsaturated/α-hetero) is 1. The van der Waals surface area contributed by atoms with Gasteiger partial charge in [-0.25, -0.2) is 0 Å². The second kappa shape index (κ2) is 11.9. The van der Waals surface area contributed by atoms with E-state index in [1.54, 1.807) is 4.90 Å². The first kappa shape index (κ1) is 24.1. The Morgan fingerprint density at radius 2 is 2.03 bits per heavy atom. The van der Waals surface area contributed by atoms with Gasteiger partial charge in [0.1, 0.15) is 0 Å². The van der Waals surface area contributed by atoms with Crippen molar-refractivity contribution in [1.29, 1.82) is 0 Å². The Morgan fingerprint density at radius 1 is 1.19 bits per heavy atom. The van der Waals surface area contributed by atoms with Gasteiger partial charge in [-0.3, -0.25) is 19.3 Å². The van der Waals surface area contributed by atoms with Gasteiger partial charge < -0.3 is 15.3 Å². The number of hydrogen-bond acceptors (Lipinski definition) is 5. The third kappa shape index (κ3) is 6.50. The van der Waals surface area contributed by atoms with E-state index < -0.39 is 0 Å². The van der Waals surface area contributed by atoms with Crippen molar-refractivity contribution in [3.63, 3.8) is 0 Å². The molecule has 32 heavy (non-hydrogen) atoms. The fraction of sp³-hybridized carbons (Fsp3) is 0.560. The number of nitrogens with zero attached hydrogens (tertiary/aromatic N) is 2. The number of nitrogens with one attached hydrogen (secondary N) is 1. The molecule has 0 saturated carbocycles. The number of likely N-dealkylation sites (tertiary alicyclic amines) is 1. The zero-order chi connectivity index (χ0) is 22.9. The maximum absolute atomic E-state index is 12.3. The van der Waals surface area contributed by atoms with Crippen LogP contribution in [0.4, 0.5) is 0 Å². The molecule has 2 aliphatic heterocycles. The maximum atomic E-state index is 12.3. The summed E-state index contributed by atoms with van der Waals surface area (Å²) in [4.78, 5) is 39.5. The number of carbonyl (C=O) groups is 3. The summed E-state index contributed by atoms with van der Waals surface area (Å²) in [7, 11) is 0. The largest absolute Gasteiger partial charge is 0.381 e. The molecule has 0 radical (unpaired) electrons. The number of aliphatic hydroxyl groups is 1. The van der Waals surface area contributed by atoms with E-state index in [1.165, 1.54) is 23.6 Å². The van der Waals surface area contributed by atoms with Gasteiger partial charge in [0.15, 0.2) is 5.78 Å². The molecule has 1 atom stereocenters. The molecule has 0 bridgehead atoms. The van der Waals surface area contributed by atoms with E-state index in [1.807, 2.05) is 4.90 Å². The molecule has 7 heteroatoms. The van der Waals surface area contributed by atoms with E-state index >= 15 is 0 Å². The number of aliphatic hydroxyl groups excluding tert-OH is 1. The quantitative estimate of drug-likeness (QED) is 0.515. The molecule has 0 aliphatic carbocycles. The van der Waals surface area contributed by atoms with Crippen molar-refractivity contribution in [3.8, 4) is 0 Å². The van der Waals surface area contributed by atoms with Gasteiger partial charge >= 0.3 is 0 Å². The molecule has 2 amide bonds. The number of hydrogen-bond donors (Lipinski definition) is 2. The van der Waals surface area contributed by atoms with Crippen molar-refractivity contribution >= 4 is 23.7 Å². The zero-order valence-corrected chi connectivity index (χ0v) is 19.0. The number of ketones is 1. The Kier molecular flexibility index (Phi) is 9.00. The summed E-state index contributed by atoms with van der Waals surface area (Å²) >= 11 is 0. The van der Waals surface area contributed by atoms with Gasteiger partial charge in [0.25, 0.3) is 0 Å². The highest BCUT2D eigenvalue weighted by Crippen LogP contribution is 2.26. The molecule has 174 valence electrons. The molecule has 7 nitrogen and oxygen atoms in total. The van der Waals surface area contributed by atoms with Crippen molar-refractivity contribution in [3.05, 3.63) is 41.0 Å². The van der Waals surface area contributed by atoms with E-state index in [-0.39, 0.29) is 36.9 Å². The monoisotopic (exact) mass is 441 g/mol. The molecular weight excluding hydrogens is 406 g/mol. The fourth-order valence-electron chi connectivity index (χ4n) is 4.56. The number of amides is 2. The third-order valence-corrected chi connectivity index (χ3v) is 6.34. The Labute approximate surface area is 190 Å². The third-order valence-electron chi connectivity index (χ3n) is 6.34. The maximum Gasteiger partial charge on any atom is 0.242 e. The topological polar surface area (TPSA) is 90.0 Å². The molecule has 1 aromatic rings. The standard InChI is InChI=1S/C25H35N3O4/c1-19(30)23-12-8-14-28(23)25(32)15-26-24(31)13-6-4-2-3-5-9-20-10-7-11-21-16-27(18-29)17-22(20)21/h5,7,9-11,23,29H,2-4,6,8,12-18H2,1H3,(H,26,31). The van der Waals surface area contributed by atoms with Crippen molar-refractivity contribution in [1.82, 2.24) is 15.1 Å². The second-order valence-electron chi connectivity index (χ2n) is 8.75. The molecule has 1 fully saturated rings. The number of benzene rings is 1. The SMILES string of the molecule is CC(=O)C1CCCN1C(=O)CNC(=O)CCCCCC=Cc1cccc2c1CN(CO)C2.